The molecule has 0 unspecified atom stereocenters. The summed E-state index contributed by atoms with van der Waals surface area (Å²) in [5.74, 6) is 0.655. The van der Waals surface area contributed by atoms with Gasteiger partial charge in [0.15, 0.2) is 4.34 Å². The van der Waals surface area contributed by atoms with E-state index >= 15 is 0 Å². The Balaban J connectivity index is 1.25. The van der Waals surface area contributed by atoms with E-state index in [4.69, 9.17) is 0 Å². The number of rotatable bonds is 8. The molecule has 0 radical (unpaired) electrons. The normalized spacial score (nSPS) is 14.2. The first-order valence-corrected chi connectivity index (χ1v) is 11.3. The van der Waals surface area contributed by atoms with E-state index in [1.54, 1.807) is 18.3 Å². The molecule has 0 spiro atoms. The van der Waals surface area contributed by atoms with E-state index < -0.39 is 0 Å². The standard InChI is InChI=1S/C19H21FN6OS2/c20-14-7-5-13(6-8-14)11-21-18-24-25-19(29-18)28-12-17(27)23-16-9-10-22-26(16)15-3-1-2-4-15/h5-10,15H,1-4,11-12H2,(H,21,24)(H,23,27). The molecule has 1 aromatic carbocycles. The summed E-state index contributed by atoms with van der Waals surface area (Å²) >= 11 is 2.73. The molecule has 2 aromatic heterocycles. The summed E-state index contributed by atoms with van der Waals surface area (Å²) < 4.78 is 15.6. The van der Waals surface area contributed by atoms with Gasteiger partial charge in [0.05, 0.1) is 18.0 Å². The van der Waals surface area contributed by atoms with Crippen molar-refractivity contribution in [3.05, 3.63) is 47.9 Å². The van der Waals surface area contributed by atoms with Crippen LogP contribution in [0.15, 0.2) is 40.9 Å². The monoisotopic (exact) mass is 432 g/mol. The molecule has 3 aromatic rings. The second kappa shape index (κ2) is 9.36. The number of carbonyl (C=O) groups excluding carboxylic acids is 1. The van der Waals surface area contributed by atoms with Crippen LogP contribution >= 0.6 is 23.1 Å². The van der Waals surface area contributed by atoms with Crippen molar-refractivity contribution < 1.29 is 9.18 Å². The number of nitrogens with one attached hydrogen (secondary N) is 2. The van der Waals surface area contributed by atoms with Crippen LogP contribution < -0.4 is 10.6 Å². The van der Waals surface area contributed by atoms with Gasteiger partial charge >= 0.3 is 0 Å². The maximum absolute atomic E-state index is 12.9. The smallest absolute Gasteiger partial charge is 0.235 e. The predicted molar refractivity (Wildman–Crippen MR) is 113 cm³/mol. The molecule has 1 amide bonds. The number of hydrogen-bond acceptors (Lipinski definition) is 7. The first-order chi connectivity index (χ1) is 14.2. The van der Waals surface area contributed by atoms with Crippen molar-refractivity contribution in [2.45, 2.75) is 42.6 Å². The van der Waals surface area contributed by atoms with E-state index in [9.17, 15) is 9.18 Å². The zero-order chi connectivity index (χ0) is 20.1. The van der Waals surface area contributed by atoms with Crippen molar-refractivity contribution in [2.24, 2.45) is 0 Å². The molecule has 1 fully saturated rings. The Morgan fingerprint density at radius 2 is 2.00 bits per heavy atom. The average Bonchev–Trinajstić information content (AvgIpc) is 3.47. The summed E-state index contributed by atoms with van der Waals surface area (Å²) in [5.41, 5.74) is 0.953. The van der Waals surface area contributed by atoms with E-state index in [1.165, 1.54) is 48.1 Å². The molecule has 2 heterocycles. The highest BCUT2D eigenvalue weighted by Crippen LogP contribution is 2.31. The molecule has 0 bridgehead atoms. The van der Waals surface area contributed by atoms with E-state index in [-0.39, 0.29) is 17.5 Å². The van der Waals surface area contributed by atoms with Gasteiger partial charge in [0, 0.05) is 12.6 Å². The minimum Gasteiger partial charge on any atom is -0.356 e. The number of nitrogens with zero attached hydrogens (tertiary/aromatic N) is 4. The Labute approximate surface area is 176 Å². The maximum Gasteiger partial charge on any atom is 0.235 e. The van der Waals surface area contributed by atoms with Gasteiger partial charge in [0.25, 0.3) is 0 Å². The molecule has 29 heavy (non-hydrogen) atoms. The molecule has 2 N–H and O–H groups in total. The lowest BCUT2D eigenvalue weighted by atomic mass is 10.2. The lowest BCUT2D eigenvalue weighted by Crippen LogP contribution is -2.19. The molecule has 7 nitrogen and oxygen atoms in total. The number of amides is 1. The number of benzene rings is 1. The van der Waals surface area contributed by atoms with Crippen LogP contribution in [-0.4, -0.2) is 31.6 Å². The predicted octanol–water partition coefficient (Wildman–Crippen LogP) is 4.33. The minimum absolute atomic E-state index is 0.0919. The van der Waals surface area contributed by atoms with Gasteiger partial charge in [-0.15, -0.1) is 10.2 Å². The Morgan fingerprint density at radius 3 is 2.79 bits per heavy atom. The molecule has 152 valence electrons. The Bertz CT molecular complexity index is 952. The maximum atomic E-state index is 12.9. The fourth-order valence-corrected chi connectivity index (χ4v) is 4.83. The van der Waals surface area contributed by atoms with Gasteiger partial charge in [-0.25, -0.2) is 9.07 Å². The summed E-state index contributed by atoms with van der Waals surface area (Å²) in [6.45, 7) is 0.533. The van der Waals surface area contributed by atoms with Crippen LogP contribution in [0, 0.1) is 5.82 Å². The number of halogens is 1. The summed E-state index contributed by atoms with van der Waals surface area (Å²) in [4.78, 5) is 12.3. The van der Waals surface area contributed by atoms with Gasteiger partial charge in [0.1, 0.15) is 11.6 Å². The van der Waals surface area contributed by atoms with Crippen LogP contribution in [0.1, 0.15) is 37.3 Å². The number of carbonyl (C=O) groups is 1. The highest BCUT2D eigenvalue weighted by atomic mass is 32.2. The zero-order valence-electron chi connectivity index (χ0n) is 15.7. The number of aromatic nitrogens is 4. The third kappa shape index (κ3) is 5.33. The van der Waals surface area contributed by atoms with Crippen LogP contribution in [0.25, 0.3) is 0 Å². The molecule has 10 heteroatoms. The minimum atomic E-state index is -0.257. The van der Waals surface area contributed by atoms with Crippen LogP contribution in [0.4, 0.5) is 15.3 Å². The Morgan fingerprint density at radius 1 is 1.21 bits per heavy atom. The molecule has 1 aliphatic rings. The number of anilines is 2. The van der Waals surface area contributed by atoms with Gasteiger partial charge in [-0.2, -0.15) is 5.10 Å². The summed E-state index contributed by atoms with van der Waals surface area (Å²) in [5, 5.41) is 19.3. The number of thioether (sulfide) groups is 1. The summed E-state index contributed by atoms with van der Waals surface area (Å²) in [6.07, 6.45) is 6.37. The van der Waals surface area contributed by atoms with E-state index in [2.05, 4.69) is 25.9 Å². The fraction of sp³-hybridized carbons (Fsp3) is 0.368. The van der Waals surface area contributed by atoms with Crippen LogP contribution in [0.5, 0.6) is 0 Å². The van der Waals surface area contributed by atoms with Gasteiger partial charge in [0.2, 0.25) is 11.0 Å². The topological polar surface area (TPSA) is 84.7 Å². The molecule has 4 rings (SSSR count). The fourth-order valence-electron chi connectivity index (χ4n) is 3.28. The van der Waals surface area contributed by atoms with Gasteiger partial charge in [-0.3, -0.25) is 4.79 Å². The Hall–Kier alpha value is -2.46. The molecule has 0 atom stereocenters. The molecular formula is C19H21FN6OS2. The largest absolute Gasteiger partial charge is 0.356 e. The first kappa shape index (κ1) is 19.8. The second-order valence-corrected chi connectivity index (χ2v) is 8.99. The zero-order valence-corrected chi connectivity index (χ0v) is 17.3. The second-order valence-electron chi connectivity index (χ2n) is 6.79. The molecule has 1 saturated carbocycles. The third-order valence-corrected chi connectivity index (χ3v) is 6.71. The summed E-state index contributed by atoms with van der Waals surface area (Å²) in [6, 6.07) is 8.51. The van der Waals surface area contributed by atoms with Crippen LogP contribution in [0.3, 0.4) is 0 Å². The quantitative estimate of drug-likeness (QED) is 0.516. The average molecular weight is 433 g/mol. The summed E-state index contributed by atoms with van der Waals surface area (Å²) in [7, 11) is 0. The Kier molecular flexibility index (Phi) is 6.40. The van der Waals surface area contributed by atoms with Crippen molar-refractivity contribution in [3.8, 4) is 0 Å². The van der Waals surface area contributed by atoms with Crippen molar-refractivity contribution in [2.75, 3.05) is 16.4 Å². The molecular weight excluding hydrogens is 411 g/mol. The molecule has 1 aliphatic carbocycles. The van der Waals surface area contributed by atoms with Gasteiger partial charge in [-0.05, 0) is 30.5 Å². The highest BCUT2D eigenvalue weighted by molar-refractivity contribution is 8.01. The van der Waals surface area contributed by atoms with Gasteiger partial charge < -0.3 is 10.6 Å². The van der Waals surface area contributed by atoms with Crippen molar-refractivity contribution >= 4 is 40.0 Å². The van der Waals surface area contributed by atoms with Crippen LogP contribution in [-0.2, 0) is 11.3 Å². The lowest BCUT2D eigenvalue weighted by Gasteiger charge is -2.14. The first-order valence-electron chi connectivity index (χ1n) is 9.45. The van der Waals surface area contributed by atoms with E-state index in [0.717, 1.165) is 24.2 Å². The lowest BCUT2D eigenvalue weighted by molar-refractivity contribution is -0.113. The van der Waals surface area contributed by atoms with E-state index in [1.807, 2.05) is 10.7 Å². The molecule has 0 saturated heterocycles. The van der Waals surface area contributed by atoms with Crippen LogP contribution in [0.2, 0.25) is 0 Å². The number of hydrogen-bond donors (Lipinski definition) is 2. The van der Waals surface area contributed by atoms with Crippen molar-refractivity contribution in [1.82, 2.24) is 20.0 Å². The van der Waals surface area contributed by atoms with Crippen molar-refractivity contribution in [1.29, 1.82) is 0 Å². The SMILES string of the molecule is O=C(CSc1nnc(NCc2ccc(F)cc2)s1)Nc1ccnn1C1CCCC1. The van der Waals surface area contributed by atoms with Gasteiger partial charge in [-0.1, -0.05) is 48.1 Å². The molecule has 0 aliphatic heterocycles. The van der Waals surface area contributed by atoms with E-state index in [0.29, 0.717) is 22.1 Å². The van der Waals surface area contributed by atoms with Crippen molar-refractivity contribution in [3.63, 3.8) is 0 Å². The highest BCUT2D eigenvalue weighted by Gasteiger charge is 2.20. The third-order valence-electron chi connectivity index (χ3n) is 4.70.